The van der Waals surface area contributed by atoms with Crippen molar-refractivity contribution in [3.63, 3.8) is 0 Å². The number of Topliss-reactive ketones (excluding diaryl/α,β-unsaturated/α-hetero) is 1. The molecule has 2 aromatic carbocycles. The van der Waals surface area contributed by atoms with Crippen LogP contribution < -0.4 is 0 Å². The summed E-state index contributed by atoms with van der Waals surface area (Å²) < 4.78 is 0. The van der Waals surface area contributed by atoms with Crippen LogP contribution in [0, 0.1) is 6.92 Å². The van der Waals surface area contributed by atoms with E-state index < -0.39 is 17.7 Å². The van der Waals surface area contributed by atoms with Crippen LogP contribution in [0.3, 0.4) is 0 Å². The Morgan fingerprint density at radius 2 is 1.63 bits per heavy atom. The van der Waals surface area contributed by atoms with E-state index in [2.05, 4.69) is 4.98 Å². The Kier molecular flexibility index (Phi) is 5.44. The number of nitrogens with zero attached hydrogens (tertiary/aromatic N) is 2. The molecule has 1 atom stereocenters. The van der Waals surface area contributed by atoms with Crippen LogP contribution in [0.15, 0.2) is 84.7 Å². The highest BCUT2D eigenvalue weighted by molar-refractivity contribution is 6.46. The Bertz CT molecular complexity index is 1090. The van der Waals surface area contributed by atoms with Crippen molar-refractivity contribution >= 4 is 17.4 Å². The van der Waals surface area contributed by atoms with Gasteiger partial charge in [0.2, 0.25) is 0 Å². The van der Waals surface area contributed by atoms with Crippen LogP contribution in [-0.2, 0) is 16.0 Å². The number of carbonyl (C=O) groups excluding carboxylic acids is 2. The van der Waals surface area contributed by atoms with Gasteiger partial charge >= 0.3 is 0 Å². The highest BCUT2D eigenvalue weighted by Crippen LogP contribution is 2.39. The van der Waals surface area contributed by atoms with Crippen LogP contribution in [0.5, 0.6) is 0 Å². The van der Waals surface area contributed by atoms with Crippen molar-refractivity contribution in [1.29, 1.82) is 0 Å². The minimum atomic E-state index is -0.664. The maximum atomic E-state index is 13.0. The molecule has 0 radical (unpaired) electrons. The quantitative estimate of drug-likeness (QED) is 0.400. The number of amides is 1. The van der Waals surface area contributed by atoms with Gasteiger partial charge in [-0.05, 0) is 36.6 Å². The number of hydrogen-bond acceptors (Lipinski definition) is 4. The van der Waals surface area contributed by atoms with Crippen molar-refractivity contribution in [2.45, 2.75) is 19.4 Å². The summed E-state index contributed by atoms with van der Waals surface area (Å²) in [5.41, 5.74) is 3.53. The van der Waals surface area contributed by atoms with E-state index in [-0.39, 0.29) is 11.3 Å². The first-order valence-corrected chi connectivity index (χ1v) is 9.85. The number of aromatic nitrogens is 1. The highest BCUT2D eigenvalue weighted by atomic mass is 16.3. The molecular formula is C25H22N2O3. The molecule has 2 heterocycles. The maximum absolute atomic E-state index is 13.0. The molecule has 0 aliphatic carbocycles. The molecule has 5 heteroatoms. The van der Waals surface area contributed by atoms with Gasteiger partial charge in [-0.2, -0.15) is 0 Å². The number of hydrogen-bond donors (Lipinski definition) is 1. The standard InChI is InChI=1S/C25H22N2O3/c1-17-7-9-19(10-8-17)22-21(23(28)20-11-14-26-15-12-20)24(29)25(30)27(22)16-13-18-5-3-2-4-6-18/h2-12,14-15,22,28H,13,16H2,1H3. The summed E-state index contributed by atoms with van der Waals surface area (Å²) in [7, 11) is 0. The van der Waals surface area contributed by atoms with E-state index in [4.69, 9.17) is 0 Å². The number of ketones is 1. The summed E-state index contributed by atoms with van der Waals surface area (Å²) in [6, 6.07) is 20.1. The van der Waals surface area contributed by atoms with Gasteiger partial charge in [-0.3, -0.25) is 14.6 Å². The zero-order valence-electron chi connectivity index (χ0n) is 16.7. The van der Waals surface area contributed by atoms with E-state index in [1.54, 1.807) is 29.4 Å². The third-order valence-corrected chi connectivity index (χ3v) is 5.37. The van der Waals surface area contributed by atoms with Gasteiger partial charge in [-0.15, -0.1) is 0 Å². The van der Waals surface area contributed by atoms with Crippen molar-refractivity contribution in [2.75, 3.05) is 6.54 Å². The number of pyridine rings is 1. The molecule has 1 N–H and O–H groups in total. The smallest absolute Gasteiger partial charge is 0.295 e. The largest absolute Gasteiger partial charge is 0.507 e. The molecule has 3 aromatic rings. The molecule has 1 amide bonds. The van der Waals surface area contributed by atoms with Crippen LogP contribution in [-0.4, -0.2) is 33.2 Å². The fourth-order valence-corrected chi connectivity index (χ4v) is 3.77. The van der Waals surface area contributed by atoms with Gasteiger partial charge in [-0.25, -0.2) is 0 Å². The Labute approximate surface area is 175 Å². The Hall–Kier alpha value is -3.73. The minimum absolute atomic E-state index is 0.114. The molecule has 0 spiro atoms. The van der Waals surface area contributed by atoms with Gasteiger partial charge in [0.25, 0.3) is 11.7 Å². The second kappa shape index (κ2) is 8.33. The molecule has 1 unspecified atom stereocenters. The molecule has 1 aromatic heterocycles. The Balaban J connectivity index is 1.78. The van der Waals surface area contributed by atoms with Crippen LogP contribution in [0.1, 0.15) is 28.3 Å². The summed E-state index contributed by atoms with van der Waals surface area (Å²) in [6.07, 6.45) is 3.70. The van der Waals surface area contributed by atoms with Crippen molar-refractivity contribution in [1.82, 2.24) is 9.88 Å². The molecule has 30 heavy (non-hydrogen) atoms. The average Bonchev–Trinajstić information content (AvgIpc) is 3.04. The lowest BCUT2D eigenvalue weighted by atomic mass is 9.95. The molecule has 0 saturated carbocycles. The van der Waals surface area contributed by atoms with Gasteiger partial charge in [0.05, 0.1) is 11.6 Å². The molecule has 5 nitrogen and oxygen atoms in total. The van der Waals surface area contributed by atoms with Crippen LogP contribution in [0.4, 0.5) is 0 Å². The molecule has 1 fully saturated rings. The van der Waals surface area contributed by atoms with Crippen molar-refractivity contribution in [3.05, 3.63) is 107 Å². The van der Waals surface area contributed by atoms with E-state index >= 15 is 0 Å². The van der Waals surface area contributed by atoms with E-state index in [0.717, 1.165) is 16.7 Å². The first-order chi connectivity index (χ1) is 14.6. The predicted octanol–water partition coefficient (Wildman–Crippen LogP) is 4.05. The summed E-state index contributed by atoms with van der Waals surface area (Å²) >= 11 is 0. The molecule has 150 valence electrons. The second-order valence-electron chi connectivity index (χ2n) is 7.37. The highest BCUT2D eigenvalue weighted by Gasteiger charge is 2.45. The van der Waals surface area contributed by atoms with Crippen molar-refractivity contribution in [2.24, 2.45) is 0 Å². The number of carbonyl (C=O) groups is 2. The Morgan fingerprint density at radius 3 is 2.30 bits per heavy atom. The van der Waals surface area contributed by atoms with E-state index in [1.165, 1.54) is 0 Å². The number of aryl methyl sites for hydroxylation is 1. The van der Waals surface area contributed by atoms with Crippen LogP contribution >= 0.6 is 0 Å². The molecular weight excluding hydrogens is 376 g/mol. The SMILES string of the molecule is Cc1ccc(C2C(=C(O)c3ccncc3)C(=O)C(=O)N2CCc2ccccc2)cc1. The number of benzene rings is 2. The first-order valence-electron chi connectivity index (χ1n) is 9.85. The lowest BCUT2D eigenvalue weighted by Crippen LogP contribution is -2.31. The first kappa shape index (κ1) is 19.6. The van der Waals surface area contributed by atoms with Crippen molar-refractivity contribution in [3.8, 4) is 0 Å². The molecule has 1 aliphatic rings. The van der Waals surface area contributed by atoms with Gasteiger partial charge in [0.1, 0.15) is 5.76 Å². The van der Waals surface area contributed by atoms with E-state index in [9.17, 15) is 14.7 Å². The van der Waals surface area contributed by atoms with Crippen LogP contribution in [0.2, 0.25) is 0 Å². The zero-order chi connectivity index (χ0) is 21.1. The summed E-state index contributed by atoms with van der Waals surface area (Å²) in [4.78, 5) is 31.4. The summed E-state index contributed by atoms with van der Waals surface area (Å²) in [6.45, 7) is 2.35. The topological polar surface area (TPSA) is 70.5 Å². The van der Waals surface area contributed by atoms with Gasteiger partial charge in [0.15, 0.2) is 0 Å². The number of likely N-dealkylation sites (tertiary alicyclic amines) is 1. The average molecular weight is 398 g/mol. The van der Waals surface area contributed by atoms with Crippen molar-refractivity contribution < 1.29 is 14.7 Å². The molecule has 4 rings (SSSR count). The summed E-state index contributed by atoms with van der Waals surface area (Å²) in [5.74, 6) is -1.43. The molecule has 0 bridgehead atoms. The monoisotopic (exact) mass is 398 g/mol. The molecule has 1 aliphatic heterocycles. The predicted molar refractivity (Wildman–Crippen MR) is 115 cm³/mol. The molecule has 1 saturated heterocycles. The number of rotatable bonds is 5. The maximum Gasteiger partial charge on any atom is 0.295 e. The lowest BCUT2D eigenvalue weighted by molar-refractivity contribution is -0.139. The van der Waals surface area contributed by atoms with Gasteiger partial charge in [-0.1, -0.05) is 60.2 Å². The fourth-order valence-electron chi connectivity index (χ4n) is 3.77. The minimum Gasteiger partial charge on any atom is -0.507 e. The van der Waals surface area contributed by atoms with Gasteiger partial charge < -0.3 is 10.0 Å². The van der Waals surface area contributed by atoms with E-state index in [0.29, 0.717) is 18.5 Å². The number of aliphatic hydroxyl groups is 1. The Morgan fingerprint density at radius 1 is 0.967 bits per heavy atom. The lowest BCUT2D eigenvalue weighted by Gasteiger charge is -2.25. The van der Waals surface area contributed by atoms with Crippen LogP contribution in [0.25, 0.3) is 5.76 Å². The van der Waals surface area contributed by atoms with E-state index in [1.807, 2.05) is 61.5 Å². The fraction of sp³-hybridized carbons (Fsp3) is 0.160. The normalized spacial score (nSPS) is 18.0. The van der Waals surface area contributed by atoms with Gasteiger partial charge in [0, 0.05) is 24.5 Å². The third-order valence-electron chi connectivity index (χ3n) is 5.37. The number of aliphatic hydroxyl groups excluding tert-OH is 1. The third kappa shape index (κ3) is 3.74. The second-order valence-corrected chi connectivity index (χ2v) is 7.37. The zero-order valence-corrected chi connectivity index (χ0v) is 16.7. The summed E-state index contributed by atoms with van der Waals surface area (Å²) in [5, 5.41) is 10.9.